The number of nitrogens with one attached hydrogen (secondary N) is 6. The number of carbonyl (C=O) groups excluding carboxylic acids is 5. The standard InChI is InChI=1S/C43H48N6O8/c1-43(2,3)57-42(56)49-35(23-30-25-45-32-17-11-10-16-31(30)32)40(54)47-34(22-27-18-19-28-14-8-9-15-29(28)20-27)39(53)48-36(24-37(50)51)41(55)46-33(38(52)44-4)21-26-12-6-5-7-13-26/h5-20,25,33-36,45H,21-24H2,1-4H3,(H,44,52)(H,46,55)(H,47,54)(H,48,53)(H,49,56)(H,50,51)/t33?,34-,35+,36-/m1/s1. The first-order valence-corrected chi connectivity index (χ1v) is 18.6. The minimum atomic E-state index is -1.63. The number of likely N-dealkylation sites (N-methyl/N-ethyl adjacent to an activating group) is 1. The molecule has 4 aromatic carbocycles. The zero-order chi connectivity index (χ0) is 41.1. The van der Waals surface area contributed by atoms with Crippen LogP contribution in [0.2, 0.25) is 0 Å². The van der Waals surface area contributed by atoms with E-state index >= 15 is 0 Å². The Morgan fingerprint density at radius 3 is 1.86 bits per heavy atom. The molecule has 298 valence electrons. The van der Waals surface area contributed by atoms with Gasteiger partial charge in [-0.05, 0) is 54.3 Å². The molecule has 0 spiro atoms. The summed E-state index contributed by atoms with van der Waals surface area (Å²) in [7, 11) is 1.41. The van der Waals surface area contributed by atoms with Crippen molar-refractivity contribution in [2.24, 2.45) is 0 Å². The van der Waals surface area contributed by atoms with E-state index < -0.39 is 71.9 Å². The van der Waals surface area contributed by atoms with Crippen LogP contribution in [0.1, 0.15) is 43.9 Å². The Kier molecular flexibility index (Phi) is 13.6. The number of hydrogen-bond acceptors (Lipinski definition) is 7. The summed E-state index contributed by atoms with van der Waals surface area (Å²) in [5, 5.41) is 25.5. The van der Waals surface area contributed by atoms with E-state index in [9.17, 15) is 33.9 Å². The predicted molar refractivity (Wildman–Crippen MR) is 215 cm³/mol. The number of benzene rings is 4. The van der Waals surface area contributed by atoms with Crippen molar-refractivity contribution in [3.8, 4) is 0 Å². The number of H-pyrrole nitrogens is 1. The summed E-state index contributed by atoms with van der Waals surface area (Å²) in [6.45, 7) is 5.06. The number of aliphatic carboxylic acids is 1. The lowest BCUT2D eigenvalue weighted by atomic mass is 9.99. The third-order valence-electron chi connectivity index (χ3n) is 9.17. The normalized spacial score (nSPS) is 13.4. The minimum Gasteiger partial charge on any atom is -0.481 e. The molecule has 57 heavy (non-hydrogen) atoms. The molecule has 0 saturated heterocycles. The number of amides is 5. The molecule has 0 radical (unpaired) electrons. The molecule has 1 heterocycles. The van der Waals surface area contributed by atoms with Gasteiger partial charge < -0.3 is 41.4 Å². The number of carboxylic acid groups (broad SMARTS) is 1. The lowest BCUT2D eigenvalue weighted by Crippen LogP contribution is -2.59. The number of carboxylic acids is 1. The number of aromatic amines is 1. The highest BCUT2D eigenvalue weighted by Gasteiger charge is 2.33. The van der Waals surface area contributed by atoms with Crippen molar-refractivity contribution in [1.29, 1.82) is 0 Å². The molecular weight excluding hydrogens is 729 g/mol. The van der Waals surface area contributed by atoms with Crippen molar-refractivity contribution in [2.45, 2.75) is 76.2 Å². The molecule has 1 aromatic heterocycles. The third kappa shape index (κ3) is 11.9. The van der Waals surface area contributed by atoms with E-state index in [0.717, 1.165) is 32.8 Å². The number of alkyl carbamates (subject to hydrolysis) is 1. The summed E-state index contributed by atoms with van der Waals surface area (Å²) in [4.78, 5) is 83.3. The van der Waals surface area contributed by atoms with Gasteiger partial charge in [-0.25, -0.2) is 4.79 Å². The van der Waals surface area contributed by atoms with Gasteiger partial charge >= 0.3 is 12.1 Å². The maximum absolute atomic E-state index is 14.3. The molecule has 0 fully saturated rings. The Bertz CT molecular complexity index is 2230. The van der Waals surface area contributed by atoms with Crippen LogP contribution < -0.4 is 26.6 Å². The lowest BCUT2D eigenvalue weighted by Gasteiger charge is -2.27. The fraction of sp³-hybridized carbons (Fsp3) is 0.302. The monoisotopic (exact) mass is 776 g/mol. The average molecular weight is 777 g/mol. The van der Waals surface area contributed by atoms with Crippen molar-refractivity contribution in [3.05, 3.63) is 120 Å². The topological polar surface area (TPSA) is 208 Å². The molecule has 5 rings (SSSR count). The van der Waals surface area contributed by atoms with Crippen LogP contribution in [0.25, 0.3) is 21.7 Å². The number of ether oxygens (including phenoxy) is 1. The van der Waals surface area contributed by atoms with Gasteiger partial charge in [0.25, 0.3) is 0 Å². The second-order valence-corrected chi connectivity index (χ2v) is 14.7. The molecule has 0 aliphatic heterocycles. The Balaban J connectivity index is 1.44. The van der Waals surface area contributed by atoms with Crippen LogP contribution in [-0.2, 0) is 48.0 Å². The zero-order valence-corrected chi connectivity index (χ0v) is 32.3. The molecule has 5 aromatic rings. The molecule has 0 aliphatic rings. The number of hydrogen-bond donors (Lipinski definition) is 7. The summed E-state index contributed by atoms with van der Waals surface area (Å²) < 4.78 is 5.48. The first kappa shape index (κ1) is 41.5. The highest BCUT2D eigenvalue weighted by Crippen LogP contribution is 2.21. The minimum absolute atomic E-state index is 0.0196. The number of fused-ring (bicyclic) bond motifs is 2. The van der Waals surface area contributed by atoms with Gasteiger partial charge in [0.15, 0.2) is 0 Å². The van der Waals surface area contributed by atoms with Crippen LogP contribution in [0.5, 0.6) is 0 Å². The molecule has 14 nitrogen and oxygen atoms in total. The van der Waals surface area contributed by atoms with Gasteiger partial charge in [0.2, 0.25) is 23.6 Å². The van der Waals surface area contributed by atoms with Gasteiger partial charge in [-0.2, -0.15) is 0 Å². The van der Waals surface area contributed by atoms with E-state index in [1.807, 2.05) is 60.7 Å². The van der Waals surface area contributed by atoms with Gasteiger partial charge in [0.05, 0.1) is 6.42 Å². The maximum Gasteiger partial charge on any atom is 0.408 e. The Hall–Kier alpha value is -6.70. The largest absolute Gasteiger partial charge is 0.481 e. The summed E-state index contributed by atoms with van der Waals surface area (Å²) in [6, 6.07) is 24.2. The van der Waals surface area contributed by atoms with E-state index in [1.165, 1.54) is 7.05 Å². The molecule has 5 amide bonds. The zero-order valence-electron chi connectivity index (χ0n) is 32.3. The first-order valence-electron chi connectivity index (χ1n) is 18.6. The number of aromatic nitrogens is 1. The number of para-hydroxylation sites is 1. The summed E-state index contributed by atoms with van der Waals surface area (Å²) in [5.41, 5.74) is 2.07. The molecule has 0 saturated carbocycles. The van der Waals surface area contributed by atoms with E-state index in [-0.39, 0.29) is 19.3 Å². The SMILES string of the molecule is CNC(=O)C(Cc1ccccc1)NC(=O)[C@@H](CC(=O)O)NC(=O)[C@@H](Cc1ccc2ccccc2c1)NC(=O)[C@H](Cc1c[nH]c2ccccc12)NC(=O)OC(C)(C)C. The van der Waals surface area contributed by atoms with Crippen LogP contribution in [-0.4, -0.2) is 82.6 Å². The number of carbonyl (C=O) groups is 6. The molecular formula is C43H48N6O8. The van der Waals surface area contributed by atoms with Gasteiger partial charge in [-0.3, -0.25) is 24.0 Å². The van der Waals surface area contributed by atoms with E-state index in [0.29, 0.717) is 5.56 Å². The molecule has 14 heteroatoms. The molecule has 1 unspecified atom stereocenters. The van der Waals surface area contributed by atoms with Crippen LogP contribution >= 0.6 is 0 Å². The summed E-state index contributed by atoms with van der Waals surface area (Å²) >= 11 is 0. The second-order valence-electron chi connectivity index (χ2n) is 14.7. The smallest absolute Gasteiger partial charge is 0.408 e. The molecule has 0 bridgehead atoms. The summed E-state index contributed by atoms with van der Waals surface area (Å²) in [5.74, 6) is -4.40. The second kappa shape index (κ2) is 18.8. The van der Waals surface area contributed by atoms with Crippen molar-refractivity contribution < 1.29 is 38.6 Å². The van der Waals surface area contributed by atoms with Crippen LogP contribution in [0.3, 0.4) is 0 Å². The summed E-state index contributed by atoms with van der Waals surface area (Å²) in [6.07, 6.45) is 0.126. The fourth-order valence-corrected chi connectivity index (χ4v) is 6.42. The van der Waals surface area contributed by atoms with Crippen molar-refractivity contribution in [2.75, 3.05) is 7.05 Å². The predicted octanol–water partition coefficient (Wildman–Crippen LogP) is 3.92. The van der Waals surface area contributed by atoms with E-state index in [2.05, 4.69) is 31.6 Å². The average Bonchev–Trinajstić information content (AvgIpc) is 3.58. The quantitative estimate of drug-likeness (QED) is 0.0780. The number of rotatable bonds is 16. The van der Waals surface area contributed by atoms with Gasteiger partial charge in [-0.15, -0.1) is 0 Å². The van der Waals surface area contributed by atoms with Gasteiger partial charge in [-0.1, -0.05) is 91.0 Å². The molecule has 4 atom stereocenters. The van der Waals surface area contributed by atoms with E-state index in [4.69, 9.17) is 4.74 Å². The van der Waals surface area contributed by atoms with Crippen molar-refractivity contribution in [1.82, 2.24) is 31.6 Å². The molecule has 0 aliphatic carbocycles. The lowest BCUT2D eigenvalue weighted by molar-refractivity contribution is -0.141. The van der Waals surface area contributed by atoms with Gasteiger partial charge in [0.1, 0.15) is 29.8 Å². The van der Waals surface area contributed by atoms with E-state index in [1.54, 1.807) is 63.4 Å². The van der Waals surface area contributed by atoms with Crippen molar-refractivity contribution in [3.63, 3.8) is 0 Å². The Labute approximate surface area is 330 Å². The Morgan fingerprint density at radius 2 is 1.19 bits per heavy atom. The Morgan fingerprint density at radius 1 is 0.632 bits per heavy atom. The molecule has 7 N–H and O–H groups in total. The van der Waals surface area contributed by atoms with Crippen molar-refractivity contribution >= 4 is 57.4 Å². The first-order chi connectivity index (χ1) is 27.2. The third-order valence-corrected chi connectivity index (χ3v) is 9.17. The van der Waals surface area contributed by atoms with Crippen LogP contribution in [0.15, 0.2) is 103 Å². The van der Waals surface area contributed by atoms with Crippen LogP contribution in [0.4, 0.5) is 4.79 Å². The highest BCUT2D eigenvalue weighted by molar-refractivity contribution is 5.97. The maximum atomic E-state index is 14.3. The fourth-order valence-electron chi connectivity index (χ4n) is 6.42. The van der Waals surface area contributed by atoms with Gasteiger partial charge in [0, 0.05) is 43.4 Å². The van der Waals surface area contributed by atoms with Crippen LogP contribution in [0, 0.1) is 0 Å². The highest BCUT2D eigenvalue weighted by atomic mass is 16.6.